The molecule has 3 heterocycles. The van der Waals surface area contributed by atoms with Crippen molar-refractivity contribution in [3.63, 3.8) is 0 Å². The van der Waals surface area contributed by atoms with E-state index in [0.717, 1.165) is 6.07 Å². The highest BCUT2D eigenvalue weighted by Gasteiger charge is 2.36. The minimum absolute atomic E-state index is 0.0496. The van der Waals surface area contributed by atoms with Gasteiger partial charge in [0.15, 0.2) is 17.0 Å². The Kier molecular flexibility index (Phi) is 7.26. The zero-order valence-electron chi connectivity index (χ0n) is 22.0. The molecule has 3 aromatic heterocycles. The van der Waals surface area contributed by atoms with Crippen LogP contribution in [0.4, 0.5) is 18.9 Å². The molecule has 1 N–H and O–H groups in total. The molecule has 0 saturated carbocycles. The fraction of sp³-hybridized carbons (Fsp3) is 0.179. The molecule has 0 atom stereocenters. The summed E-state index contributed by atoms with van der Waals surface area (Å²) < 4.78 is 49.0. The second-order valence-electron chi connectivity index (χ2n) is 9.14. The molecular weight excluding hydrogens is 561 g/mol. The molecule has 0 unspecified atom stereocenters. The van der Waals surface area contributed by atoms with Crippen LogP contribution < -0.4 is 5.32 Å². The van der Waals surface area contributed by atoms with Gasteiger partial charge in [-0.3, -0.25) is 9.48 Å². The number of nitrogens with zero attached hydrogens (tertiary/aromatic N) is 5. The van der Waals surface area contributed by atoms with Crippen molar-refractivity contribution in [2.24, 2.45) is 0 Å². The van der Waals surface area contributed by atoms with Crippen molar-refractivity contribution in [2.45, 2.75) is 26.6 Å². The van der Waals surface area contributed by atoms with E-state index in [1.807, 2.05) is 0 Å². The number of esters is 1. The van der Waals surface area contributed by atoms with E-state index >= 15 is 0 Å². The van der Waals surface area contributed by atoms with Crippen molar-refractivity contribution in [1.29, 1.82) is 0 Å². The largest absolute Gasteiger partial charge is 0.465 e. The number of alkyl halides is 3. The molecule has 1 amide bonds. The number of hydrogen-bond donors (Lipinski definition) is 1. The van der Waals surface area contributed by atoms with E-state index in [9.17, 15) is 22.8 Å². The van der Waals surface area contributed by atoms with Gasteiger partial charge in [-0.15, -0.1) is 0 Å². The van der Waals surface area contributed by atoms with Crippen LogP contribution in [0, 0.1) is 13.8 Å². The summed E-state index contributed by atoms with van der Waals surface area (Å²) in [6.07, 6.45) is -4.77. The van der Waals surface area contributed by atoms with Crippen molar-refractivity contribution >= 4 is 34.8 Å². The van der Waals surface area contributed by atoms with Gasteiger partial charge in [-0.1, -0.05) is 41.9 Å². The maximum absolute atomic E-state index is 14.0. The molecule has 0 fully saturated rings. The van der Waals surface area contributed by atoms with E-state index in [-0.39, 0.29) is 23.6 Å². The van der Waals surface area contributed by atoms with Gasteiger partial charge in [0.2, 0.25) is 0 Å². The number of fused-ring (bicyclic) bond motifs is 1. The van der Waals surface area contributed by atoms with Crippen LogP contribution in [0.15, 0.2) is 60.7 Å². The molecule has 2 aromatic carbocycles. The summed E-state index contributed by atoms with van der Waals surface area (Å²) in [4.78, 5) is 29.6. The number of carbonyl (C=O) groups excluding carboxylic acids is 2. The van der Waals surface area contributed by atoms with Crippen LogP contribution in [0.3, 0.4) is 0 Å². The highest BCUT2D eigenvalue weighted by Crippen LogP contribution is 2.33. The second-order valence-corrected chi connectivity index (χ2v) is 9.57. The first kappa shape index (κ1) is 27.8. The number of nitrogens with one attached hydrogen (secondary N) is 1. The van der Waals surface area contributed by atoms with E-state index in [2.05, 4.69) is 20.5 Å². The van der Waals surface area contributed by atoms with Crippen LogP contribution in [0.25, 0.3) is 16.9 Å². The summed E-state index contributed by atoms with van der Waals surface area (Å²) in [6.45, 7) is 3.62. The molecule has 9 nitrogen and oxygen atoms in total. The predicted octanol–water partition coefficient (Wildman–Crippen LogP) is 5.97. The highest BCUT2D eigenvalue weighted by atomic mass is 35.5. The van der Waals surface area contributed by atoms with E-state index < -0.39 is 23.7 Å². The van der Waals surface area contributed by atoms with Crippen LogP contribution >= 0.6 is 11.6 Å². The van der Waals surface area contributed by atoms with Gasteiger partial charge in [0.1, 0.15) is 0 Å². The molecule has 0 saturated heterocycles. The number of anilines is 1. The maximum Gasteiger partial charge on any atom is 0.433 e. The number of halogens is 4. The van der Waals surface area contributed by atoms with Crippen LogP contribution in [-0.4, -0.2) is 43.4 Å². The summed E-state index contributed by atoms with van der Waals surface area (Å²) in [5, 5.41) is 11.5. The van der Waals surface area contributed by atoms with Crippen LogP contribution in [0.5, 0.6) is 0 Å². The molecule has 0 spiro atoms. The van der Waals surface area contributed by atoms with Crippen molar-refractivity contribution in [3.05, 3.63) is 99.6 Å². The summed E-state index contributed by atoms with van der Waals surface area (Å²) in [6, 6.07) is 15.2. The summed E-state index contributed by atoms with van der Waals surface area (Å²) >= 11 is 5.91. The first-order chi connectivity index (χ1) is 19.5. The first-order valence-corrected chi connectivity index (χ1v) is 12.6. The molecule has 5 rings (SSSR count). The lowest BCUT2D eigenvalue weighted by Gasteiger charge is -2.11. The van der Waals surface area contributed by atoms with E-state index in [0.29, 0.717) is 43.3 Å². The monoisotopic (exact) mass is 582 g/mol. The van der Waals surface area contributed by atoms with Crippen LogP contribution in [0.2, 0.25) is 5.02 Å². The average Bonchev–Trinajstić information content (AvgIpc) is 3.48. The smallest absolute Gasteiger partial charge is 0.433 e. The number of benzene rings is 2. The molecule has 0 radical (unpaired) electrons. The number of hydrogen-bond acceptors (Lipinski definition) is 6. The maximum atomic E-state index is 14.0. The molecule has 5 aromatic rings. The SMILES string of the molecule is COC(=O)c1ccccc1Cn1nc(C)c(NC(=O)c2cc3nc(-c4ccc(Cl)cc4)cc(C(F)(F)F)n3n2)c1C. The van der Waals surface area contributed by atoms with Gasteiger partial charge < -0.3 is 10.1 Å². The lowest BCUT2D eigenvalue weighted by atomic mass is 10.1. The molecule has 0 aliphatic heterocycles. The molecule has 0 aliphatic carbocycles. The Balaban J connectivity index is 1.47. The molecule has 0 bridgehead atoms. The normalized spacial score (nSPS) is 11.6. The van der Waals surface area contributed by atoms with Crippen molar-refractivity contribution in [2.75, 3.05) is 12.4 Å². The van der Waals surface area contributed by atoms with E-state index in [1.54, 1.807) is 67.1 Å². The van der Waals surface area contributed by atoms with Gasteiger partial charge in [0, 0.05) is 16.7 Å². The molecule has 0 aliphatic rings. The minimum atomic E-state index is -4.77. The Hall–Kier alpha value is -4.71. The number of ether oxygens (including phenoxy) is 1. The Morgan fingerprint density at radius 2 is 1.73 bits per heavy atom. The standard InChI is InChI=1S/C28H22ClF3N6O3/c1-15-25(16(2)37(35-15)14-18-6-4-5-7-20(18)27(40)41-3)34-26(39)22-13-24-33-21(17-8-10-19(29)11-9-17)12-23(28(30,31)32)38(24)36-22/h4-13H,14H2,1-3H3,(H,34,39). The predicted molar refractivity (Wildman–Crippen MR) is 145 cm³/mol. The number of aromatic nitrogens is 5. The average molecular weight is 583 g/mol. The number of amides is 1. The summed E-state index contributed by atoms with van der Waals surface area (Å²) in [7, 11) is 1.29. The zero-order valence-corrected chi connectivity index (χ0v) is 22.7. The lowest BCUT2D eigenvalue weighted by Crippen LogP contribution is -2.16. The van der Waals surface area contributed by atoms with Gasteiger partial charge in [0.25, 0.3) is 5.91 Å². The lowest BCUT2D eigenvalue weighted by molar-refractivity contribution is -0.142. The highest BCUT2D eigenvalue weighted by molar-refractivity contribution is 6.30. The number of carbonyl (C=O) groups is 2. The Morgan fingerprint density at radius 1 is 1.02 bits per heavy atom. The van der Waals surface area contributed by atoms with Gasteiger partial charge in [0.05, 0.1) is 42.0 Å². The third-order valence-corrected chi connectivity index (χ3v) is 6.71. The number of methoxy groups -OCH3 is 1. The molecular formula is C28H22ClF3N6O3. The topological polar surface area (TPSA) is 103 Å². The van der Waals surface area contributed by atoms with Crippen LogP contribution in [0.1, 0.15) is 43.5 Å². The number of aryl methyl sites for hydroxylation is 1. The first-order valence-electron chi connectivity index (χ1n) is 12.2. The van der Waals surface area contributed by atoms with Gasteiger partial charge in [-0.2, -0.15) is 23.4 Å². The van der Waals surface area contributed by atoms with Crippen molar-refractivity contribution in [3.8, 4) is 11.3 Å². The van der Waals surface area contributed by atoms with E-state index in [1.165, 1.54) is 13.2 Å². The molecule has 210 valence electrons. The van der Waals surface area contributed by atoms with Gasteiger partial charge in [-0.05, 0) is 43.7 Å². The van der Waals surface area contributed by atoms with E-state index in [4.69, 9.17) is 16.3 Å². The third-order valence-electron chi connectivity index (χ3n) is 6.45. The van der Waals surface area contributed by atoms with Gasteiger partial charge >= 0.3 is 12.1 Å². The second kappa shape index (κ2) is 10.7. The molecule has 13 heteroatoms. The minimum Gasteiger partial charge on any atom is -0.465 e. The fourth-order valence-electron chi connectivity index (χ4n) is 4.39. The van der Waals surface area contributed by atoms with Crippen molar-refractivity contribution in [1.82, 2.24) is 24.4 Å². The third kappa shape index (κ3) is 5.50. The quantitative estimate of drug-likeness (QED) is 0.248. The zero-order chi connectivity index (χ0) is 29.5. The van der Waals surface area contributed by atoms with Crippen molar-refractivity contribution < 1.29 is 27.5 Å². The van der Waals surface area contributed by atoms with Gasteiger partial charge in [-0.25, -0.2) is 14.3 Å². The van der Waals surface area contributed by atoms with Crippen LogP contribution in [-0.2, 0) is 17.5 Å². The molecule has 41 heavy (non-hydrogen) atoms. The number of rotatable bonds is 6. The summed E-state index contributed by atoms with van der Waals surface area (Å²) in [5.41, 5.74) is 1.40. The Bertz CT molecular complexity index is 1790. The Labute approximate surface area is 236 Å². The fourth-order valence-corrected chi connectivity index (χ4v) is 4.52. The Morgan fingerprint density at radius 3 is 2.41 bits per heavy atom. The summed E-state index contributed by atoms with van der Waals surface area (Å²) in [5.74, 6) is -1.23.